The molecule has 1 amide bonds. The number of nitrogens with one attached hydrogen (secondary N) is 2. The van der Waals surface area contributed by atoms with Crippen LogP contribution in [0, 0.1) is 13.8 Å². The number of carbonyl (C=O) groups excluding carboxylic acids is 1. The minimum atomic E-state index is -3.74. The van der Waals surface area contributed by atoms with Gasteiger partial charge >= 0.3 is 0 Å². The average Bonchev–Trinajstić information content (AvgIpc) is 3.38. The summed E-state index contributed by atoms with van der Waals surface area (Å²) in [5, 5.41) is 4.68. The van der Waals surface area contributed by atoms with E-state index in [-0.39, 0.29) is 10.8 Å². The van der Waals surface area contributed by atoms with Crippen molar-refractivity contribution in [1.29, 1.82) is 0 Å². The number of piperazine rings is 1. The summed E-state index contributed by atoms with van der Waals surface area (Å²) in [4.78, 5) is 22.4. The Kier molecular flexibility index (Phi) is 8.08. The fraction of sp³-hybridized carbons (Fsp3) is 0.286. The predicted octanol–water partition coefficient (Wildman–Crippen LogP) is 4.92. The summed E-state index contributed by atoms with van der Waals surface area (Å²) in [6, 6.07) is 17.0. The van der Waals surface area contributed by atoms with Crippen molar-refractivity contribution in [3.63, 3.8) is 0 Å². The molecular weight excluding hydrogens is 554 g/mol. The van der Waals surface area contributed by atoms with Crippen molar-refractivity contribution in [1.82, 2.24) is 15.2 Å². The summed E-state index contributed by atoms with van der Waals surface area (Å²) >= 11 is 8.01. The summed E-state index contributed by atoms with van der Waals surface area (Å²) in [5.74, 6) is -0.244. The molecule has 204 valence electrons. The van der Waals surface area contributed by atoms with Gasteiger partial charge in [-0.1, -0.05) is 52.8 Å². The van der Waals surface area contributed by atoms with Gasteiger partial charge in [0.1, 0.15) is 0 Å². The highest BCUT2D eigenvalue weighted by Crippen LogP contribution is 2.35. The first-order valence-corrected chi connectivity index (χ1v) is 15.4. The Morgan fingerprint density at radius 2 is 1.77 bits per heavy atom. The summed E-state index contributed by atoms with van der Waals surface area (Å²) in [7, 11) is -3.74. The number of sulfonamides is 1. The van der Waals surface area contributed by atoms with E-state index in [0.717, 1.165) is 64.2 Å². The third kappa shape index (κ3) is 6.36. The molecule has 8 nitrogen and oxygen atoms in total. The zero-order valence-electron chi connectivity index (χ0n) is 21.8. The lowest BCUT2D eigenvalue weighted by molar-refractivity contribution is 0.0948. The highest BCUT2D eigenvalue weighted by Gasteiger charge is 2.21. The highest BCUT2D eigenvalue weighted by molar-refractivity contribution is 7.92. The lowest BCUT2D eigenvalue weighted by Gasteiger charge is -2.34. The smallest absolute Gasteiger partial charge is 0.261 e. The van der Waals surface area contributed by atoms with E-state index in [1.165, 1.54) is 0 Å². The van der Waals surface area contributed by atoms with Gasteiger partial charge in [-0.2, -0.15) is 0 Å². The first-order chi connectivity index (χ1) is 18.7. The molecule has 1 aliphatic heterocycles. The molecule has 0 atom stereocenters. The maximum Gasteiger partial charge on any atom is 0.261 e. The van der Waals surface area contributed by atoms with Gasteiger partial charge in [0.15, 0.2) is 5.13 Å². The minimum absolute atomic E-state index is 0.171. The molecule has 11 heteroatoms. The fourth-order valence-corrected chi connectivity index (χ4v) is 6.89. The first kappa shape index (κ1) is 27.4. The van der Waals surface area contributed by atoms with Crippen LogP contribution in [0.1, 0.15) is 21.5 Å². The van der Waals surface area contributed by atoms with Crippen molar-refractivity contribution in [2.24, 2.45) is 0 Å². The van der Waals surface area contributed by atoms with Crippen LogP contribution in [0.4, 0.5) is 10.8 Å². The number of amides is 1. The van der Waals surface area contributed by atoms with Crippen molar-refractivity contribution >= 4 is 59.9 Å². The highest BCUT2D eigenvalue weighted by atomic mass is 35.5. The summed E-state index contributed by atoms with van der Waals surface area (Å²) in [5.41, 5.74) is 3.81. The first-order valence-electron chi connectivity index (χ1n) is 12.7. The molecule has 0 saturated carbocycles. The number of anilines is 2. The van der Waals surface area contributed by atoms with Gasteiger partial charge in [0.2, 0.25) is 0 Å². The molecule has 0 unspecified atom stereocenters. The van der Waals surface area contributed by atoms with Crippen LogP contribution in [0.25, 0.3) is 10.2 Å². The Hall–Kier alpha value is -3.18. The number of rotatable bonds is 8. The van der Waals surface area contributed by atoms with Gasteiger partial charge in [-0.05, 0) is 55.8 Å². The van der Waals surface area contributed by atoms with Crippen LogP contribution in [0.15, 0.2) is 65.6 Å². The Balaban J connectivity index is 1.11. The van der Waals surface area contributed by atoms with E-state index in [9.17, 15) is 13.2 Å². The monoisotopic (exact) mass is 583 g/mol. The van der Waals surface area contributed by atoms with Crippen molar-refractivity contribution in [2.45, 2.75) is 18.7 Å². The number of fused-ring (bicyclic) bond motifs is 1. The van der Waals surface area contributed by atoms with Crippen molar-refractivity contribution < 1.29 is 13.2 Å². The summed E-state index contributed by atoms with van der Waals surface area (Å²) < 4.78 is 29.0. The Morgan fingerprint density at radius 3 is 2.49 bits per heavy atom. The molecule has 0 spiro atoms. The summed E-state index contributed by atoms with van der Waals surface area (Å²) in [6.07, 6.45) is 0. The molecule has 1 aromatic heterocycles. The molecule has 2 heterocycles. The Bertz CT molecular complexity index is 1560. The number of hydrogen-bond acceptors (Lipinski definition) is 7. The number of thiazole rings is 1. The Morgan fingerprint density at radius 1 is 1.03 bits per heavy atom. The molecule has 5 rings (SSSR count). The third-order valence-corrected chi connectivity index (χ3v) is 9.72. The molecule has 0 aliphatic carbocycles. The molecular formula is C28H30ClN5O3S2. The standard InChI is InChI=1S/C28H30ClN5O3S2/c1-19-6-9-23(10-7-19)39(36,37)32-22-5-3-4-21(18-22)27(35)30-12-13-33-14-16-34(17-15-33)28-31-25-20(2)8-11-24(29)26(25)38-28/h3-11,18,32H,12-17H2,1-2H3,(H,30,35). The second kappa shape index (κ2) is 11.5. The number of benzene rings is 3. The number of hydrogen-bond donors (Lipinski definition) is 2. The van der Waals surface area contributed by atoms with Gasteiger partial charge in [0.25, 0.3) is 15.9 Å². The molecule has 3 aromatic carbocycles. The second-order valence-electron chi connectivity index (χ2n) is 9.62. The van der Waals surface area contributed by atoms with E-state index >= 15 is 0 Å². The van der Waals surface area contributed by atoms with Crippen LogP contribution in [-0.4, -0.2) is 63.5 Å². The largest absolute Gasteiger partial charge is 0.351 e. The molecule has 39 heavy (non-hydrogen) atoms. The maximum absolute atomic E-state index is 12.8. The van der Waals surface area contributed by atoms with Crippen LogP contribution in [0.2, 0.25) is 5.02 Å². The molecule has 2 N–H and O–H groups in total. The van der Waals surface area contributed by atoms with Crippen LogP contribution in [-0.2, 0) is 10.0 Å². The van der Waals surface area contributed by atoms with E-state index < -0.39 is 10.0 Å². The van der Waals surface area contributed by atoms with E-state index in [1.54, 1.807) is 59.9 Å². The van der Waals surface area contributed by atoms with Gasteiger partial charge in [0, 0.05) is 50.5 Å². The van der Waals surface area contributed by atoms with E-state index in [2.05, 4.69) is 26.8 Å². The van der Waals surface area contributed by atoms with Gasteiger partial charge in [-0.25, -0.2) is 13.4 Å². The van der Waals surface area contributed by atoms with Crippen molar-refractivity contribution in [3.05, 3.63) is 82.4 Å². The minimum Gasteiger partial charge on any atom is -0.351 e. The second-order valence-corrected chi connectivity index (χ2v) is 12.7. The number of carbonyl (C=O) groups is 1. The topological polar surface area (TPSA) is 94.6 Å². The van der Waals surface area contributed by atoms with E-state index in [0.29, 0.717) is 17.8 Å². The van der Waals surface area contributed by atoms with Crippen LogP contribution in [0.5, 0.6) is 0 Å². The molecule has 1 aliphatic rings. The van der Waals surface area contributed by atoms with E-state index in [1.807, 2.05) is 19.1 Å². The average molecular weight is 584 g/mol. The van der Waals surface area contributed by atoms with Gasteiger partial charge in [-0.3, -0.25) is 14.4 Å². The molecule has 0 bridgehead atoms. The van der Waals surface area contributed by atoms with Crippen molar-refractivity contribution in [3.8, 4) is 0 Å². The zero-order chi connectivity index (χ0) is 27.6. The van der Waals surface area contributed by atoms with Crippen LogP contribution in [0.3, 0.4) is 0 Å². The molecule has 4 aromatic rings. The van der Waals surface area contributed by atoms with E-state index in [4.69, 9.17) is 16.6 Å². The normalized spacial score (nSPS) is 14.5. The lowest BCUT2D eigenvalue weighted by Crippen LogP contribution is -2.48. The molecule has 1 saturated heterocycles. The molecule has 1 fully saturated rings. The fourth-order valence-electron chi connectivity index (χ4n) is 4.47. The Labute approximate surface area is 237 Å². The van der Waals surface area contributed by atoms with Gasteiger partial charge < -0.3 is 10.2 Å². The van der Waals surface area contributed by atoms with Gasteiger partial charge in [-0.15, -0.1) is 0 Å². The van der Waals surface area contributed by atoms with Gasteiger partial charge in [0.05, 0.1) is 20.1 Å². The SMILES string of the molecule is Cc1ccc(S(=O)(=O)Nc2cccc(C(=O)NCCN3CCN(c4nc5c(C)ccc(Cl)c5s4)CC3)c2)cc1. The van der Waals surface area contributed by atoms with Crippen LogP contribution >= 0.6 is 22.9 Å². The third-order valence-electron chi connectivity index (χ3n) is 6.75. The summed E-state index contributed by atoms with van der Waals surface area (Å²) in [6.45, 7) is 8.62. The number of halogens is 1. The van der Waals surface area contributed by atoms with Crippen LogP contribution < -0.4 is 14.9 Å². The predicted molar refractivity (Wildman–Crippen MR) is 159 cm³/mol. The zero-order valence-corrected chi connectivity index (χ0v) is 24.2. The molecule has 0 radical (unpaired) electrons. The lowest BCUT2D eigenvalue weighted by atomic mass is 10.2. The number of nitrogens with zero attached hydrogens (tertiary/aromatic N) is 3. The maximum atomic E-state index is 12.8. The number of aryl methyl sites for hydroxylation is 2. The van der Waals surface area contributed by atoms with Crippen molar-refractivity contribution in [2.75, 3.05) is 48.9 Å². The quantitative estimate of drug-likeness (QED) is 0.306. The number of aromatic nitrogens is 1.